The summed E-state index contributed by atoms with van der Waals surface area (Å²) >= 11 is 0. The normalized spacial score (nSPS) is 20.0. The zero-order valence-corrected chi connectivity index (χ0v) is 26.9. The number of allylic oxidation sites excluding steroid dienone is 3. The first-order chi connectivity index (χ1) is 22.7. The topological polar surface area (TPSA) is 61.4 Å². The number of likely N-dealkylation sites (tertiary alicyclic amines) is 1. The quantitative estimate of drug-likeness (QED) is 0.205. The largest absolute Gasteiger partial charge is 0.405 e. The van der Waals surface area contributed by atoms with E-state index in [1.54, 1.807) is 0 Å². The van der Waals surface area contributed by atoms with Crippen LogP contribution in [-0.4, -0.2) is 55.1 Å². The second kappa shape index (κ2) is 15.6. The third-order valence-electron chi connectivity index (χ3n) is 9.54. The Morgan fingerprint density at radius 2 is 1.47 bits per heavy atom. The number of rotatable bonds is 12. The summed E-state index contributed by atoms with van der Waals surface area (Å²) in [6, 6.07) is 26.8. The minimum Gasteiger partial charge on any atom is -0.353 e. The van der Waals surface area contributed by atoms with E-state index in [2.05, 4.69) is 33.7 Å². The molecule has 3 aromatic carbocycles. The molecule has 5 nitrogen and oxygen atoms in total. The van der Waals surface area contributed by atoms with Crippen LogP contribution < -0.4 is 10.6 Å². The summed E-state index contributed by atoms with van der Waals surface area (Å²) in [6.07, 6.45) is 7.04. The highest BCUT2D eigenvalue weighted by atomic mass is 19.4. The molecule has 3 unspecified atom stereocenters. The number of aryl methyl sites for hydroxylation is 1. The summed E-state index contributed by atoms with van der Waals surface area (Å²) in [5.74, 6) is -0.814. The molecule has 2 amide bonds. The van der Waals surface area contributed by atoms with Gasteiger partial charge in [-0.3, -0.25) is 9.59 Å². The van der Waals surface area contributed by atoms with Crippen molar-refractivity contribution in [3.63, 3.8) is 0 Å². The van der Waals surface area contributed by atoms with Gasteiger partial charge in [0.15, 0.2) is 0 Å². The minimum absolute atomic E-state index is 0.0134. The van der Waals surface area contributed by atoms with Crippen LogP contribution in [0.25, 0.3) is 0 Å². The van der Waals surface area contributed by atoms with Crippen molar-refractivity contribution >= 4 is 11.8 Å². The fourth-order valence-electron chi connectivity index (χ4n) is 7.08. The van der Waals surface area contributed by atoms with Gasteiger partial charge in [-0.25, -0.2) is 0 Å². The highest BCUT2D eigenvalue weighted by Gasteiger charge is 2.43. The number of piperidine rings is 1. The Balaban J connectivity index is 1.19. The number of carbonyl (C=O) groups is 2. The van der Waals surface area contributed by atoms with E-state index in [9.17, 15) is 22.8 Å². The molecule has 2 aliphatic rings. The summed E-state index contributed by atoms with van der Waals surface area (Å²) in [7, 11) is 0. The first-order valence-electron chi connectivity index (χ1n) is 16.6. The van der Waals surface area contributed by atoms with Crippen LogP contribution in [0.2, 0.25) is 0 Å². The van der Waals surface area contributed by atoms with E-state index < -0.39 is 24.0 Å². The third kappa shape index (κ3) is 8.60. The summed E-state index contributed by atoms with van der Waals surface area (Å²) in [4.78, 5) is 29.6. The maximum absolute atomic E-state index is 13.8. The number of carbonyl (C=O) groups excluding carboxylic acids is 2. The summed E-state index contributed by atoms with van der Waals surface area (Å²) in [5.41, 5.74) is 2.14. The maximum atomic E-state index is 13.8. The molecule has 5 rings (SSSR count). The molecule has 3 atom stereocenters. The highest BCUT2D eigenvalue weighted by Crippen LogP contribution is 2.40. The predicted molar refractivity (Wildman–Crippen MR) is 180 cm³/mol. The maximum Gasteiger partial charge on any atom is 0.405 e. The van der Waals surface area contributed by atoms with Crippen LogP contribution in [0.5, 0.6) is 0 Å². The average Bonchev–Trinajstić information content (AvgIpc) is 3.09. The fraction of sp³-hybridized carbons (Fsp3) is 0.385. The van der Waals surface area contributed by atoms with Gasteiger partial charge in [0.25, 0.3) is 0 Å². The number of nitrogens with zero attached hydrogens (tertiary/aromatic N) is 1. The van der Waals surface area contributed by atoms with E-state index in [0.717, 1.165) is 55.6 Å². The molecule has 0 aromatic heterocycles. The van der Waals surface area contributed by atoms with Crippen molar-refractivity contribution in [3.8, 4) is 0 Å². The minimum atomic E-state index is -4.51. The smallest absolute Gasteiger partial charge is 0.353 e. The van der Waals surface area contributed by atoms with Gasteiger partial charge in [0.1, 0.15) is 6.54 Å². The summed E-state index contributed by atoms with van der Waals surface area (Å²) in [6.45, 7) is 3.03. The van der Waals surface area contributed by atoms with Crippen LogP contribution in [0.4, 0.5) is 13.2 Å². The first-order valence-corrected chi connectivity index (χ1v) is 16.6. The van der Waals surface area contributed by atoms with Gasteiger partial charge in [0.2, 0.25) is 11.8 Å². The van der Waals surface area contributed by atoms with Gasteiger partial charge in [-0.05, 0) is 61.4 Å². The van der Waals surface area contributed by atoms with Crippen LogP contribution in [0, 0.1) is 12.8 Å². The molecule has 0 spiro atoms. The van der Waals surface area contributed by atoms with E-state index in [1.165, 1.54) is 0 Å². The van der Waals surface area contributed by atoms with Crippen LogP contribution in [0.3, 0.4) is 0 Å². The Bertz CT molecular complexity index is 1530. The lowest BCUT2D eigenvalue weighted by Gasteiger charge is -2.36. The van der Waals surface area contributed by atoms with Gasteiger partial charge < -0.3 is 15.5 Å². The molecule has 1 fully saturated rings. The van der Waals surface area contributed by atoms with E-state index in [-0.39, 0.29) is 23.8 Å². The molecule has 3 aromatic rings. The number of amides is 2. The SMILES string of the molecule is Cc1ccccc1C(CCCCN1CCC(NC(=O)C2C=CC=CC2c2ccccc2)CC1)(C(=O)NCC(F)(F)F)c1ccccc1. The molecule has 1 heterocycles. The van der Waals surface area contributed by atoms with Gasteiger partial charge in [0, 0.05) is 25.0 Å². The lowest BCUT2D eigenvalue weighted by atomic mass is 9.69. The van der Waals surface area contributed by atoms with E-state index in [1.807, 2.05) is 97.9 Å². The van der Waals surface area contributed by atoms with E-state index >= 15 is 0 Å². The number of nitrogens with one attached hydrogen (secondary N) is 2. The molecule has 1 aliphatic carbocycles. The molecule has 1 aliphatic heterocycles. The molecule has 47 heavy (non-hydrogen) atoms. The van der Waals surface area contributed by atoms with Gasteiger partial charge >= 0.3 is 6.18 Å². The Morgan fingerprint density at radius 1 is 0.830 bits per heavy atom. The van der Waals surface area contributed by atoms with Crippen molar-refractivity contribution < 1.29 is 22.8 Å². The van der Waals surface area contributed by atoms with Crippen molar-refractivity contribution in [1.29, 1.82) is 0 Å². The van der Waals surface area contributed by atoms with Crippen LogP contribution in [0.15, 0.2) is 109 Å². The Kier molecular flexibility index (Phi) is 11.4. The number of alkyl halides is 3. The zero-order chi connectivity index (χ0) is 33.3. The number of unbranched alkanes of at least 4 members (excludes halogenated alkanes) is 1. The molecule has 248 valence electrons. The number of hydrogen-bond donors (Lipinski definition) is 2. The molecule has 2 N–H and O–H groups in total. The standard InChI is InChI=1S/C39H44F3N3O2/c1-29-14-8-11-21-35(29)38(31-17-6-3-7-18-31,37(47)43-28-39(40,41)42)24-12-13-25-45-26-22-32(23-27-45)44-36(46)34-20-10-9-19-33(34)30-15-4-2-5-16-30/h2-11,14-21,32-34H,12-13,22-28H2,1H3,(H,43,47)(H,44,46). The van der Waals surface area contributed by atoms with Crippen molar-refractivity contribution in [1.82, 2.24) is 15.5 Å². The zero-order valence-electron chi connectivity index (χ0n) is 26.9. The summed E-state index contributed by atoms with van der Waals surface area (Å²) < 4.78 is 39.7. The molecule has 8 heteroatoms. The summed E-state index contributed by atoms with van der Waals surface area (Å²) in [5, 5.41) is 5.51. The molecular weight excluding hydrogens is 599 g/mol. The van der Waals surface area contributed by atoms with Crippen LogP contribution in [-0.2, 0) is 15.0 Å². The molecular formula is C39H44F3N3O2. The van der Waals surface area contributed by atoms with Crippen LogP contribution >= 0.6 is 0 Å². The van der Waals surface area contributed by atoms with Crippen molar-refractivity contribution in [2.75, 3.05) is 26.2 Å². The third-order valence-corrected chi connectivity index (χ3v) is 9.54. The number of hydrogen-bond acceptors (Lipinski definition) is 3. The van der Waals surface area contributed by atoms with Gasteiger partial charge in [-0.1, -0.05) is 116 Å². The van der Waals surface area contributed by atoms with Crippen molar-refractivity contribution in [2.24, 2.45) is 5.92 Å². The van der Waals surface area contributed by atoms with Gasteiger partial charge in [-0.15, -0.1) is 0 Å². The monoisotopic (exact) mass is 643 g/mol. The molecule has 1 saturated heterocycles. The Labute approximate surface area is 275 Å². The van der Waals surface area contributed by atoms with Crippen molar-refractivity contribution in [2.45, 2.75) is 62.6 Å². The predicted octanol–water partition coefficient (Wildman–Crippen LogP) is 7.24. The fourth-order valence-corrected chi connectivity index (χ4v) is 7.08. The number of halogens is 3. The Hall–Kier alpha value is -4.17. The molecule has 0 saturated carbocycles. The molecule has 0 radical (unpaired) electrons. The number of benzene rings is 3. The van der Waals surface area contributed by atoms with E-state index in [0.29, 0.717) is 18.4 Å². The molecule has 0 bridgehead atoms. The average molecular weight is 644 g/mol. The second-order valence-corrected chi connectivity index (χ2v) is 12.7. The Morgan fingerprint density at radius 3 is 2.15 bits per heavy atom. The van der Waals surface area contributed by atoms with E-state index in [4.69, 9.17) is 0 Å². The second-order valence-electron chi connectivity index (χ2n) is 12.7. The highest BCUT2D eigenvalue weighted by molar-refractivity contribution is 5.92. The first kappa shape index (κ1) is 34.2. The van der Waals surface area contributed by atoms with Crippen molar-refractivity contribution in [3.05, 3.63) is 131 Å². The van der Waals surface area contributed by atoms with Crippen LogP contribution in [0.1, 0.15) is 60.3 Å². The van der Waals surface area contributed by atoms with Gasteiger partial charge in [-0.2, -0.15) is 13.2 Å². The lowest BCUT2D eigenvalue weighted by molar-refractivity contribution is -0.141. The lowest BCUT2D eigenvalue weighted by Crippen LogP contribution is -2.48. The van der Waals surface area contributed by atoms with Gasteiger partial charge in [0.05, 0.1) is 11.3 Å².